The number of aromatic nitrogens is 3. The maximum Gasteiger partial charge on any atom is 0.137 e. The molecule has 26 heavy (non-hydrogen) atoms. The van der Waals surface area contributed by atoms with Crippen molar-refractivity contribution in [1.29, 1.82) is 0 Å². The first-order valence-electron chi connectivity index (χ1n) is 8.05. The lowest BCUT2D eigenvalue weighted by molar-refractivity contribution is 0.0174. The van der Waals surface area contributed by atoms with Crippen molar-refractivity contribution in [2.45, 2.75) is 19.3 Å². The molecule has 0 aliphatic rings. The molecular weight excluding hydrogens is 373 g/mol. The molecule has 2 aromatic heterocycles. The highest BCUT2D eigenvalue weighted by molar-refractivity contribution is 6.35. The molecule has 0 amide bonds. The van der Waals surface area contributed by atoms with E-state index in [0.717, 1.165) is 22.3 Å². The van der Waals surface area contributed by atoms with Gasteiger partial charge in [-0.3, -0.25) is 4.68 Å². The molecule has 7 heteroatoms. The fourth-order valence-corrected chi connectivity index (χ4v) is 3.32. The Labute approximate surface area is 160 Å². The summed E-state index contributed by atoms with van der Waals surface area (Å²) in [5.74, 6) is 0.750. The molecule has 0 N–H and O–H groups in total. The SMILES string of the molecule is Clc1ccc(C(Cn2cncn2)OCc2cc3ccccc3o2)c(Cl)c1. The predicted octanol–water partition coefficient (Wildman–Crippen LogP) is 5.29. The summed E-state index contributed by atoms with van der Waals surface area (Å²) in [4.78, 5) is 3.98. The van der Waals surface area contributed by atoms with Crippen LogP contribution in [0, 0.1) is 0 Å². The van der Waals surface area contributed by atoms with Gasteiger partial charge in [-0.25, -0.2) is 4.98 Å². The van der Waals surface area contributed by atoms with Crippen LogP contribution in [-0.2, 0) is 17.9 Å². The van der Waals surface area contributed by atoms with Gasteiger partial charge in [0.15, 0.2) is 0 Å². The van der Waals surface area contributed by atoms with Gasteiger partial charge in [-0.15, -0.1) is 0 Å². The van der Waals surface area contributed by atoms with Crippen molar-refractivity contribution in [3.05, 3.63) is 82.6 Å². The lowest BCUT2D eigenvalue weighted by atomic mass is 10.1. The molecule has 4 rings (SSSR count). The summed E-state index contributed by atoms with van der Waals surface area (Å²) in [5.41, 5.74) is 1.67. The van der Waals surface area contributed by atoms with Crippen LogP contribution < -0.4 is 0 Å². The van der Waals surface area contributed by atoms with Crippen molar-refractivity contribution in [3.8, 4) is 0 Å². The van der Waals surface area contributed by atoms with Crippen LogP contribution in [-0.4, -0.2) is 14.8 Å². The Morgan fingerprint density at radius 2 is 2.00 bits per heavy atom. The van der Waals surface area contributed by atoms with Gasteiger partial charge in [-0.05, 0) is 24.3 Å². The summed E-state index contributed by atoms with van der Waals surface area (Å²) in [6, 6.07) is 15.2. The molecule has 1 atom stereocenters. The van der Waals surface area contributed by atoms with Crippen LogP contribution in [0.2, 0.25) is 10.0 Å². The Hall–Kier alpha value is -2.34. The van der Waals surface area contributed by atoms with Crippen LogP contribution in [0.1, 0.15) is 17.4 Å². The first-order chi connectivity index (χ1) is 12.7. The minimum absolute atomic E-state index is 0.312. The first-order valence-corrected chi connectivity index (χ1v) is 8.81. The Kier molecular flexibility index (Phi) is 4.93. The van der Waals surface area contributed by atoms with E-state index in [9.17, 15) is 0 Å². The van der Waals surface area contributed by atoms with E-state index >= 15 is 0 Å². The Morgan fingerprint density at radius 3 is 2.77 bits per heavy atom. The average molecular weight is 388 g/mol. The van der Waals surface area contributed by atoms with E-state index in [1.807, 2.05) is 36.4 Å². The van der Waals surface area contributed by atoms with Crippen LogP contribution in [0.5, 0.6) is 0 Å². The van der Waals surface area contributed by atoms with Crippen molar-refractivity contribution in [3.63, 3.8) is 0 Å². The quantitative estimate of drug-likeness (QED) is 0.450. The second-order valence-electron chi connectivity index (χ2n) is 5.83. The maximum absolute atomic E-state index is 6.38. The fourth-order valence-electron chi connectivity index (χ4n) is 2.79. The van der Waals surface area contributed by atoms with Crippen LogP contribution in [0.3, 0.4) is 0 Å². The number of nitrogens with zero attached hydrogens (tertiary/aromatic N) is 3. The lowest BCUT2D eigenvalue weighted by Crippen LogP contribution is -2.13. The summed E-state index contributed by atoms with van der Waals surface area (Å²) in [6.07, 6.45) is 2.80. The highest BCUT2D eigenvalue weighted by Gasteiger charge is 2.18. The number of ether oxygens (including phenoxy) is 1. The molecule has 0 bridgehead atoms. The molecule has 0 radical (unpaired) electrons. The predicted molar refractivity (Wildman–Crippen MR) is 100 cm³/mol. The average Bonchev–Trinajstić information content (AvgIpc) is 3.28. The number of hydrogen-bond donors (Lipinski definition) is 0. The third kappa shape index (κ3) is 3.75. The molecule has 0 aliphatic heterocycles. The Bertz CT molecular complexity index is 982. The van der Waals surface area contributed by atoms with Crippen molar-refractivity contribution in [2.75, 3.05) is 0 Å². The number of fused-ring (bicyclic) bond motifs is 1. The summed E-state index contributed by atoms with van der Waals surface area (Å²) in [7, 11) is 0. The number of rotatable bonds is 6. The molecule has 0 aliphatic carbocycles. The van der Waals surface area contributed by atoms with Gasteiger partial charge >= 0.3 is 0 Å². The summed E-state index contributed by atoms with van der Waals surface area (Å²) in [6.45, 7) is 0.786. The van der Waals surface area contributed by atoms with Crippen molar-refractivity contribution >= 4 is 34.2 Å². The maximum atomic E-state index is 6.38. The molecule has 5 nitrogen and oxygen atoms in total. The van der Waals surface area contributed by atoms with Gasteiger partial charge in [0.05, 0.1) is 6.54 Å². The third-order valence-corrected chi connectivity index (χ3v) is 4.59. The number of furan rings is 1. The van der Waals surface area contributed by atoms with Crippen LogP contribution in [0.25, 0.3) is 11.0 Å². The van der Waals surface area contributed by atoms with Crippen LogP contribution in [0.15, 0.2) is 65.6 Å². The standard InChI is InChI=1S/C19H15Cl2N3O2/c20-14-5-6-16(17(21)8-14)19(9-24-12-22-11-23-24)25-10-15-7-13-3-1-2-4-18(13)26-15/h1-8,11-12,19H,9-10H2. The van der Waals surface area contributed by atoms with E-state index in [2.05, 4.69) is 10.1 Å². The van der Waals surface area contributed by atoms with Crippen LogP contribution in [0.4, 0.5) is 0 Å². The largest absolute Gasteiger partial charge is 0.459 e. The van der Waals surface area contributed by atoms with Gasteiger partial charge in [0.1, 0.15) is 36.7 Å². The Balaban J connectivity index is 1.57. The zero-order valence-corrected chi connectivity index (χ0v) is 15.2. The van der Waals surface area contributed by atoms with E-state index in [-0.39, 0.29) is 6.10 Å². The van der Waals surface area contributed by atoms with Gasteiger partial charge < -0.3 is 9.15 Å². The number of hydrogen-bond acceptors (Lipinski definition) is 4. The molecule has 2 heterocycles. The molecule has 1 unspecified atom stereocenters. The van der Waals surface area contributed by atoms with Crippen molar-refractivity contribution < 1.29 is 9.15 Å². The smallest absolute Gasteiger partial charge is 0.137 e. The van der Waals surface area contributed by atoms with Crippen molar-refractivity contribution in [1.82, 2.24) is 14.8 Å². The molecule has 4 aromatic rings. The fraction of sp³-hybridized carbons (Fsp3) is 0.158. The van der Waals surface area contributed by atoms with E-state index < -0.39 is 0 Å². The van der Waals surface area contributed by atoms with E-state index in [0.29, 0.717) is 23.2 Å². The summed E-state index contributed by atoms with van der Waals surface area (Å²) in [5, 5.41) is 6.32. The zero-order chi connectivity index (χ0) is 17.9. The second kappa shape index (κ2) is 7.50. The molecule has 0 spiro atoms. The van der Waals surface area contributed by atoms with Gasteiger partial charge in [0.25, 0.3) is 0 Å². The number of para-hydroxylation sites is 1. The Morgan fingerprint density at radius 1 is 1.12 bits per heavy atom. The molecule has 0 saturated heterocycles. The highest BCUT2D eigenvalue weighted by atomic mass is 35.5. The minimum Gasteiger partial charge on any atom is -0.459 e. The van der Waals surface area contributed by atoms with E-state index in [4.69, 9.17) is 32.4 Å². The van der Waals surface area contributed by atoms with Gasteiger partial charge in [0, 0.05) is 21.0 Å². The molecule has 0 saturated carbocycles. The van der Waals surface area contributed by atoms with Gasteiger partial charge in [-0.1, -0.05) is 47.5 Å². The third-order valence-electron chi connectivity index (χ3n) is 4.03. The molecule has 132 valence electrons. The van der Waals surface area contributed by atoms with Gasteiger partial charge in [0.2, 0.25) is 0 Å². The van der Waals surface area contributed by atoms with E-state index in [1.54, 1.807) is 23.1 Å². The minimum atomic E-state index is -0.324. The second-order valence-corrected chi connectivity index (χ2v) is 6.68. The van der Waals surface area contributed by atoms with Gasteiger partial charge in [-0.2, -0.15) is 5.10 Å². The topological polar surface area (TPSA) is 53.1 Å². The normalized spacial score (nSPS) is 12.5. The molecule has 2 aromatic carbocycles. The summed E-state index contributed by atoms with van der Waals surface area (Å²) < 4.78 is 13.7. The van der Waals surface area contributed by atoms with Crippen molar-refractivity contribution in [2.24, 2.45) is 0 Å². The zero-order valence-electron chi connectivity index (χ0n) is 13.7. The number of halogens is 2. The summed E-state index contributed by atoms with van der Waals surface area (Å²) >= 11 is 12.4. The molecular formula is C19H15Cl2N3O2. The first kappa shape index (κ1) is 17.1. The monoisotopic (exact) mass is 387 g/mol. The lowest BCUT2D eigenvalue weighted by Gasteiger charge is -2.19. The van der Waals surface area contributed by atoms with Crippen LogP contribution >= 0.6 is 23.2 Å². The highest BCUT2D eigenvalue weighted by Crippen LogP contribution is 2.31. The molecule has 0 fully saturated rings. The van der Waals surface area contributed by atoms with E-state index in [1.165, 1.54) is 6.33 Å². The number of benzene rings is 2.